The summed E-state index contributed by atoms with van der Waals surface area (Å²) in [6, 6.07) is 5.65. The van der Waals surface area contributed by atoms with E-state index >= 15 is 0 Å². The zero-order valence-electron chi connectivity index (χ0n) is 9.04. The molecule has 0 aliphatic carbocycles. The zero-order chi connectivity index (χ0) is 11.7. The Morgan fingerprint density at radius 3 is 2.81 bits per heavy atom. The standard InChI is InChI=1S/C12H13Cl2NO/c1-8-4-10(2-3-11(8)14)15-7-9(6-13)5-12(15)16/h2-4,9H,5-7H2,1H3. The van der Waals surface area contributed by atoms with Crippen molar-refractivity contribution in [2.24, 2.45) is 5.92 Å². The van der Waals surface area contributed by atoms with Crippen molar-refractivity contribution in [2.45, 2.75) is 13.3 Å². The molecule has 0 spiro atoms. The first-order valence-electron chi connectivity index (χ1n) is 5.24. The minimum Gasteiger partial charge on any atom is -0.312 e. The molecule has 1 fully saturated rings. The third-order valence-corrected chi connectivity index (χ3v) is 3.74. The topological polar surface area (TPSA) is 20.3 Å². The predicted molar refractivity (Wildman–Crippen MR) is 67.4 cm³/mol. The van der Waals surface area contributed by atoms with E-state index in [1.165, 1.54) is 0 Å². The van der Waals surface area contributed by atoms with Crippen molar-refractivity contribution in [1.82, 2.24) is 0 Å². The molecule has 0 N–H and O–H groups in total. The molecule has 0 aromatic heterocycles. The lowest BCUT2D eigenvalue weighted by atomic mass is 10.1. The molecule has 1 aliphatic rings. The number of rotatable bonds is 2. The maximum absolute atomic E-state index is 11.8. The van der Waals surface area contributed by atoms with Gasteiger partial charge in [0.15, 0.2) is 0 Å². The van der Waals surface area contributed by atoms with Crippen LogP contribution in [0.2, 0.25) is 5.02 Å². The number of carbonyl (C=O) groups excluding carboxylic acids is 1. The molecule has 1 atom stereocenters. The Bertz CT molecular complexity index is 419. The van der Waals surface area contributed by atoms with Crippen molar-refractivity contribution in [3.05, 3.63) is 28.8 Å². The minimum atomic E-state index is 0.146. The van der Waals surface area contributed by atoms with E-state index < -0.39 is 0 Å². The van der Waals surface area contributed by atoms with E-state index in [0.29, 0.717) is 18.8 Å². The molecule has 0 bridgehead atoms. The first-order valence-corrected chi connectivity index (χ1v) is 6.15. The molecule has 86 valence electrons. The summed E-state index contributed by atoms with van der Waals surface area (Å²) in [6.45, 7) is 2.65. The van der Waals surface area contributed by atoms with Crippen molar-refractivity contribution in [1.29, 1.82) is 0 Å². The van der Waals surface area contributed by atoms with Gasteiger partial charge in [0.2, 0.25) is 5.91 Å². The molecular formula is C12H13Cl2NO. The molecule has 1 aliphatic heterocycles. The van der Waals surface area contributed by atoms with Gasteiger partial charge in [-0.2, -0.15) is 0 Å². The number of hydrogen-bond donors (Lipinski definition) is 0. The number of aryl methyl sites for hydroxylation is 1. The van der Waals surface area contributed by atoms with Crippen molar-refractivity contribution < 1.29 is 4.79 Å². The Morgan fingerprint density at radius 1 is 1.50 bits per heavy atom. The van der Waals surface area contributed by atoms with E-state index in [1.54, 1.807) is 4.90 Å². The fraction of sp³-hybridized carbons (Fsp3) is 0.417. The summed E-state index contributed by atoms with van der Waals surface area (Å²) in [4.78, 5) is 13.6. The summed E-state index contributed by atoms with van der Waals surface area (Å²) in [5.41, 5.74) is 1.90. The van der Waals surface area contributed by atoms with E-state index in [9.17, 15) is 4.79 Å². The van der Waals surface area contributed by atoms with Crippen LogP contribution in [0.15, 0.2) is 18.2 Å². The van der Waals surface area contributed by atoms with Gasteiger partial charge in [-0.25, -0.2) is 0 Å². The van der Waals surface area contributed by atoms with Gasteiger partial charge in [0.25, 0.3) is 0 Å². The number of benzene rings is 1. The van der Waals surface area contributed by atoms with Crippen LogP contribution in [0.25, 0.3) is 0 Å². The molecule has 2 rings (SSSR count). The molecule has 4 heteroatoms. The van der Waals surface area contributed by atoms with E-state index in [2.05, 4.69) is 0 Å². The minimum absolute atomic E-state index is 0.146. The third-order valence-electron chi connectivity index (χ3n) is 2.88. The normalized spacial score (nSPS) is 20.6. The molecule has 1 aromatic rings. The van der Waals surface area contributed by atoms with Crippen LogP contribution in [0.3, 0.4) is 0 Å². The number of anilines is 1. The SMILES string of the molecule is Cc1cc(N2CC(CCl)CC2=O)ccc1Cl. The molecule has 0 radical (unpaired) electrons. The maximum atomic E-state index is 11.8. The molecule has 16 heavy (non-hydrogen) atoms. The molecule has 1 unspecified atom stereocenters. The van der Waals surface area contributed by atoms with Crippen molar-refractivity contribution in [3.8, 4) is 0 Å². The van der Waals surface area contributed by atoms with Gasteiger partial charge in [0.05, 0.1) is 0 Å². The zero-order valence-corrected chi connectivity index (χ0v) is 10.6. The number of halogens is 2. The summed E-state index contributed by atoms with van der Waals surface area (Å²) in [7, 11) is 0. The molecule has 1 saturated heterocycles. The predicted octanol–water partition coefficient (Wildman–Crippen LogP) is 3.24. The van der Waals surface area contributed by atoms with E-state index in [-0.39, 0.29) is 11.8 Å². The highest BCUT2D eigenvalue weighted by atomic mass is 35.5. The second-order valence-electron chi connectivity index (χ2n) is 4.16. The second kappa shape index (κ2) is 4.64. The van der Waals surface area contributed by atoms with Crippen molar-refractivity contribution in [2.75, 3.05) is 17.3 Å². The van der Waals surface area contributed by atoms with E-state index in [0.717, 1.165) is 16.3 Å². The molecular weight excluding hydrogens is 245 g/mol. The van der Waals surface area contributed by atoms with Gasteiger partial charge in [0, 0.05) is 29.6 Å². The second-order valence-corrected chi connectivity index (χ2v) is 4.88. The Morgan fingerprint density at radius 2 is 2.25 bits per heavy atom. The molecule has 1 heterocycles. The fourth-order valence-corrected chi connectivity index (χ4v) is 2.26. The number of amides is 1. The maximum Gasteiger partial charge on any atom is 0.227 e. The van der Waals surface area contributed by atoms with Crippen molar-refractivity contribution >= 4 is 34.8 Å². The van der Waals surface area contributed by atoms with Crippen LogP contribution in [0.4, 0.5) is 5.69 Å². The highest BCUT2D eigenvalue weighted by molar-refractivity contribution is 6.31. The van der Waals surface area contributed by atoms with Crippen molar-refractivity contribution in [3.63, 3.8) is 0 Å². The Balaban J connectivity index is 2.24. The molecule has 0 saturated carbocycles. The average molecular weight is 258 g/mol. The Hall–Kier alpha value is -0.730. The van der Waals surface area contributed by atoms with E-state index in [1.807, 2.05) is 25.1 Å². The molecule has 1 amide bonds. The lowest BCUT2D eigenvalue weighted by molar-refractivity contribution is -0.117. The largest absolute Gasteiger partial charge is 0.312 e. The smallest absolute Gasteiger partial charge is 0.227 e. The van der Waals surface area contributed by atoms with Gasteiger partial charge in [-0.15, -0.1) is 11.6 Å². The number of carbonyl (C=O) groups is 1. The average Bonchev–Trinajstić information content (AvgIpc) is 2.64. The van der Waals surface area contributed by atoms with Crippen LogP contribution in [-0.2, 0) is 4.79 Å². The quantitative estimate of drug-likeness (QED) is 0.746. The third kappa shape index (κ3) is 2.18. The van der Waals surface area contributed by atoms with Gasteiger partial charge >= 0.3 is 0 Å². The van der Waals surface area contributed by atoms with Gasteiger partial charge < -0.3 is 4.90 Å². The number of nitrogens with zero attached hydrogens (tertiary/aromatic N) is 1. The van der Waals surface area contributed by atoms with Crippen LogP contribution in [0.5, 0.6) is 0 Å². The number of alkyl halides is 1. The highest BCUT2D eigenvalue weighted by Gasteiger charge is 2.29. The summed E-state index contributed by atoms with van der Waals surface area (Å²) in [6.07, 6.45) is 0.547. The first-order chi connectivity index (χ1) is 7.61. The number of hydrogen-bond acceptors (Lipinski definition) is 1. The fourth-order valence-electron chi connectivity index (χ4n) is 1.93. The van der Waals surface area contributed by atoms with Crippen LogP contribution < -0.4 is 4.90 Å². The molecule has 1 aromatic carbocycles. The van der Waals surface area contributed by atoms with Crippen LogP contribution in [0, 0.1) is 12.8 Å². The molecule has 2 nitrogen and oxygen atoms in total. The summed E-state index contributed by atoms with van der Waals surface area (Å²) >= 11 is 11.7. The highest BCUT2D eigenvalue weighted by Crippen LogP contribution is 2.28. The van der Waals surface area contributed by atoms with Crippen LogP contribution in [-0.4, -0.2) is 18.3 Å². The lowest BCUT2D eigenvalue weighted by Crippen LogP contribution is -2.24. The first kappa shape index (κ1) is 11.7. The van der Waals surface area contributed by atoms with Gasteiger partial charge in [-0.05, 0) is 36.6 Å². The summed E-state index contributed by atoms with van der Waals surface area (Å²) < 4.78 is 0. The Labute approximate surface area is 105 Å². The lowest BCUT2D eigenvalue weighted by Gasteiger charge is -2.17. The van der Waals surface area contributed by atoms with Gasteiger partial charge in [-0.3, -0.25) is 4.79 Å². The van der Waals surface area contributed by atoms with Crippen LogP contribution >= 0.6 is 23.2 Å². The van der Waals surface area contributed by atoms with Gasteiger partial charge in [-0.1, -0.05) is 11.6 Å². The Kier molecular flexibility index (Phi) is 3.41. The van der Waals surface area contributed by atoms with Crippen LogP contribution in [0.1, 0.15) is 12.0 Å². The monoisotopic (exact) mass is 257 g/mol. The summed E-state index contributed by atoms with van der Waals surface area (Å²) in [5, 5.41) is 0.726. The summed E-state index contributed by atoms with van der Waals surface area (Å²) in [5.74, 6) is 0.951. The van der Waals surface area contributed by atoms with Gasteiger partial charge in [0.1, 0.15) is 0 Å². The van der Waals surface area contributed by atoms with E-state index in [4.69, 9.17) is 23.2 Å².